The van der Waals surface area contributed by atoms with E-state index in [-0.39, 0.29) is 11.2 Å². The summed E-state index contributed by atoms with van der Waals surface area (Å²) in [5.74, 6) is 1.66. The fraction of sp³-hybridized carbons (Fsp3) is 0.643. The number of carbonyl (C=O) groups excluding carboxylic acids is 1. The van der Waals surface area contributed by atoms with E-state index < -0.39 is 0 Å². The van der Waals surface area contributed by atoms with Gasteiger partial charge in [0.05, 0.1) is 6.54 Å². The quantitative estimate of drug-likeness (QED) is 0.819. The summed E-state index contributed by atoms with van der Waals surface area (Å²) in [6.07, 6.45) is 2.62. The third-order valence-electron chi connectivity index (χ3n) is 3.21. The summed E-state index contributed by atoms with van der Waals surface area (Å²) in [7, 11) is 1.85. The number of anilines is 2. The van der Waals surface area contributed by atoms with Crippen molar-refractivity contribution in [1.29, 1.82) is 0 Å². The molecule has 0 aliphatic rings. The monoisotopic (exact) mass is 264 g/mol. The van der Waals surface area contributed by atoms with Crippen LogP contribution in [-0.2, 0) is 4.79 Å². The van der Waals surface area contributed by atoms with Crippen molar-refractivity contribution in [2.45, 2.75) is 34.1 Å². The number of ketones is 1. The average molecular weight is 264 g/mol. The number of nitrogens with zero attached hydrogens (tertiary/aromatic N) is 3. The van der Waals surface area contributed by atoms with E-state index in [0.717, 1.165) is 24.6 Å². The fourth-order valence-electron chi connectivity index (χ4n) is 1.52. The van der Waals surface area contributed by atoms with Crippen molar-refractivity contribution in [1.82, 2.24) is 9.97 Å². The van der Waals surface area contributed by atoms with Gasteiger partial charge in [0.15, 0.2) is 0 Å². The lowest BCUT2D eigenvalue weighted by atomic mass is 9.90. The van der Waals surface area contributed by atoms with Gasteiger partial charge in [-0.3, -0.25) is 4.79 Å². The van der Waals surface area contributed by atoms with Crippen LogP contribution in [0.4, 0.5) is 11.6 Å². The molecule has 0 unspecified atom stereocenters. The molecule has 19 heavy (non-hydrogen) atoms. The van der Waals surface area contributed by atoms with Gasteiger partial charge in [-0.1, -0.05) is 20.8 Å². The van der Waals surface area contributed by atoms with E-state index in [0.29, 0.717) is 6.54 Å². The Balaban J connectivity index is 2.69. The highest BCUT2D eigenvalue weighted by Crippen LogP contribution is 2.20. The predicted molar refractivity (Wildman–Crippen MR) is 78.5 cm³/mol. The predicted octanol–water partition coefficient (Wildman–Crippen LogP) is 2.35. The van der Waals surface area contributed by atoms with Gasteiger partial charge in [0.2, 0.25) is 0 Å². The standard InChI is InChI=1S/C14H24N4O/c1-6-14(3,4)9-15-12-7-13(17-10-16-12)18(5)8-11(2)19/h7,10H,6,8-9H2,1-5H3,(H,15,16,17). The second kappa shape index (κ2) is 6.50. The molecule has 1 aromatic heterocycles. The van der Waals surface area contributed by atoms with Gasteiger partial charge in [-0.05, 0) is 18.8 Å². The summed E-state index contributed by atoms with van der Waals surface area (Å²) in [6, 6.07) is 1.87. The van der Waals surface area contributed by atoms with Crippen LogP contribution >= 0.6 is 0 Å². The largest absolute Gasteiger partial charge is 0.369 e. The van der Waals surface area contributed by atoms with Crippen molar-refractivity contribution in [2.24, 2.45) is 5.41 Å². The van der Waals surface area contributed by atoms with E-state index in [1.54, 1.807) is 6.92 Å². The summed E-state index contributed by atoms with van der Waals surface area (Å²) >= 11 is 0. The molecule has 1 aromatic rings. The van der Waals surface area contributed by atoms with Gasteiger partial charge in [-0.25, -0.2) is 9.97 Å². The van der Waals surface area contributed by atoms with Crippen molar-refractivity contribution in [3.8, 4) is 0 Å². The minimum atomic E-state index is 0.114. The molecule has 0 saturated carbocycles. The highest BCUT2D eigenvalue weighted by molar-refractivity contribution is 5.80. The summed E-state index contributed by atoms with van der Waals surface area (Å²) in [5.41, 5.74) is 0.233. The normalized spacial score (nSPS) is 11.2. The SMILES string of the molecule is CCC(C)(C)CNc1cc(N(C)CC(C)=O)ncn1. The van der Waals surface area contributed by atoms with Crippen LogP contribution in [0, 0.1) is 5.41 Å². The molecule has 0 spiro atoms. The number of hydrogen-bond acceptors (Lipinski definition) is 5. The van der Waals surface area contributed by atoms with Crippen molar-refractivity contribution >= 4 is 17.4 Å². The fourth-order valence-corrected chi connectivity index (χ4v) is 1.52. The van der Waals surface area contributed by atoms with Crippen molar-refractivity contribution in [2.75, 3.05) is 30.4 Å². The molecule has 1 heterocycles. The lowest BCUT2D eigenvalue weighted by Gasteiger charge is -2.23. The number of aromatic nitrogens is 2. The molecule has 106 valence electrons. The van der Waals surface area contributed by atoms with Crippen molar-refractivity contribution < 1.29 is 4.79 Å². The van der Waals surface area contributed by atoms with Crippen LogP contribution in [0.25, 0.3) is 0 Å². The van der Waals surface area contributed by atoms with E-state index in [2.05, 4.69) is 36.1 Å². The molecule has 0 bridgehead atoms. The zero-order chi connectivity index (χ0) is 14.5. The Bertz CT molecular complexity index is 431. The minimum Gasteiger partial charge on any atom is -0.369 e. The Morgan fingerprint density at radius 2 is 2.11 bits per heavy atom. The number of rotatable bonds is 7. The molecule has 0 saturated heterocycles. The molecular weight excluding hydrogens is 240 g/mol. The Labute approximate surface area is 115 Å². The smallest absolute Gasteiger partial charge is 0.149 e. The third kappa shape index (κ3) is 5.24. The summed E-state index contributed by atoms with van der Waals surface area (Å²) in [4.78, 5) is 21.3. The minimum absolute atomic E-state index is 0.114. The number of carbonyl (C=O) groups is 1. The molecule has 0 atom stereocenters. The van der Waals surface area contributed by atoms with Gasteiger partial charge in [-0.15, -0.1) is 0 Å². The summed E-state index contributed by atoms with van der Waals surface area (Å²) in [6.45, 7) is 9.38. The molecule has 0 fully saturated rings. The second-order valence-corrected chi connectivity index (χ2v) is 5.69. The van der Waals surface area contributed by atoms with Crippen LogP contribution in [0.5, 0.6) is 0 Å². The first kappa shape index (κ1) is 15.4. The average Bonchev–Trinajstić information content (AvgIpc) is 2.36. The Hall–Kier alpha value is -1.65. The topological polar surface area (TPSA) is 58.1 Å². The number of Topliss-reactive ketones (excluding diaryl/α,β-unsaturated/α-hetero) is 1. The van der Waals surface area contributed by atoms with Crippen LogP contribution < -0.4 is 10.2 Å². The molecule has 0 radical (unpaired) electrons. The second-order valence-electron chi connectivity index (χ2n) is 5.69. The van der Waals surface area contributed by atoms with E-state index in [1.165, 1.54) is 6.33 Å². The number of likely N-dealkylation sites (N-methyl/N-ethyl adjacent to an activating group) is 1. The van der Waals surface area contributed by atoms with Crippen molar-refractivity contribution in [3.63, 3.8) is 0 Å². The molecule has 0 aliphatic carbocycles. The maximum absolute atomic E-state index is 11.1. The number of nitrogens with one attached hydrogen (secondary N) is 1. The lowest BCUT2D eigenvalue weighted by molar-refractivity contribution is -0.115. The van der Waals surface area contributed by atoms with Crippen LogP contribution in [0.1, 0.15) is 34.1 Å². The summed E-state index contributed by atoms with van der Waals surface area (Å²) in [5, 5.41) is 3.32. The van der Waals surface area contributed by atoms with E-state index in [4.69, 9.17) is 0 Å². The van der Waals surface area contributed by atoms with Gasteiger partial charge in [-0.2, -0.15) is 0 Å². The van der Waals surface area contributed by atoms with Gasteiger partial charge in [0.1, 0.15) is 23.7 Å². The van der Waals surface area contributed by atoms with Crippen LogP contribution in [-0.4, -0.2) is 35.9 Å². The first-order chi connectivity index (χ1) is 8.84. The van der Waals surface area contributed by atoms with E-state index in [1.807, 2.05) is 18.0 Å². The molecule has 5 nitrogen and oxygen atoms in total. The van der Waals surface area contributed by atoms with Crippen molar-refractivity contribution in [3.05, 3.63) is 12.4 Å². The highest BCUT2D eigenvalue weighted by Gasteiger charge is 2.15. The first-order valence-corrected chi connectivity index (χ1v) is 6.60. The Morgan fingerprint density at radius 3 is 2.68 bits per heavy atom. The lowest BCUT2D eigenvalue weighted by Crippen LogP contribution is -2.25. The van der Waals surface area contributed by atoms with Gasteiger partial charge in [0.25, 0.3) is 0 Å². The molecule has 1 rings (SSSR count). The Morgan fingerprint density at radius 1 is 1.42 bits per heavy atom. The zero-order valence-corrected chi connectivity index (χ0v) is 12.5. The maximum atomic E-state index is 11.1. The number of hydrogen-bond donors (Lipinski definition) is 1. The third-order valence-corrected chi connectivity index (χ3v) is 3.21. The van der Waals surface area contributed by atoms with E-state index >= 15 is 0 Å². The Kier molecular flexibility index (Phi) is 5.27. The maximum Gasteiger partial charge on any atom is 0.149 e. The van der Waals surface area contributed by atoms with Gasteiger partial charge < -0.3 is 10.2 Å². The summed E-state index contributed by atoms with van der Waals surface area (Å²) < 4.78 is 0. The van der Waals surface area contributed by atoms with Gasteiger partial charge >= 0.3 is 0 Å². The van der Waals surface area contributed by atoms with E-state index in [9.17, 15) is 4.79 Å². The molecular formula is C14H24N4O. The molecule has 1 N–H and O–H groups in total. The van der Waals surface area contributed by atoms with Crippen LogP contribution in [0.3, 0.4) is 0 Å². The first-order valence-electron chi connectivity index (χ1n) is 6.60. The van der Waals surface area contributed by atoms with Crippen LogP contribution in [0.15, 0.2) is 12.4 Å². The van der Waals surface area contributed by atoms with Gasteiger partial charge in [0, 0.05) is 19.7 Å². The molecule has 0 aliphatic heterocycles. The highest BCUT2D eigenvalue weighted by atomic mass is 16.1. The zero-order valence-electron chi connectivity index (χ0n) is 12.5. The molecule has 0 amide bonds. The van der Waals surface area contributed by atoms with Crippen LogP contribution in [0.2, 0.25) is 0 Å². The molecule has 0 aromatic carbocycles. The molecule has 5 heteroatoms.